The molecule has 17 heavy (non-hydrogen) atoms. The Balaban J connectivity index is 2.57. The van der Waals surface area contributed by atoms with Crippen molar-refractivity contribution in [1.82, 2.24) is 5.32 Å². The van der Waals surface area contributed by atoms with Crippen LogP contribution >= 0.6 is 11.6 Å². The first-order valence-corrected chi connectivity index (χ1v) is 6.17. The highest BCUT2D eigenvalue weighted by Crippen LogP contribution is 2.28. The molecule has 0 bridgehead atoms. The van der Waals surface area contributed by atoms with E-state index in [1.54, 1.807) is 19.2 Å². The third-order valence-corrected chi connectivity index (χ3v) is 2.83. The van der Waals surface area contributed by atoms with Crippen LogP contribution in [-0.2, 0) is 0 Å². The van der Waals surface area contributed by atoms with Crippen molar-refractivity contribution in [3.8, 4) is 5.75 Å². The maximum Gasteiger partial charge on any atom is 0.137 e. The van der Waals surface area contributed by atoms with Gasteiger partial charge >= 0.3 is 0 Å². The van der Waals surface area contributed by atoms with Crippen LogP contribution in [0.25, 0.3) is 0 Å². The van der Waals surface area contributed by atoms with Crippen LogP contribution in [0, 0.1) is 0 Å². The summed E-state index contributed by atoms with van der Waals surface area (Å²) < 4.78 is 5.07. The van der Waals surface area contributed by atoms with Crippen LogP contribution in [0.2, 0.25) is 5.02 Å². The van der Waals surface area contributed by atoms with Crippen LogP contribution in [0.4, 0.5) is 0 Å². The van der Waals surface area contributed by atoms with Gasteiger partial charge in [-0.2, -0.15) is 0 Å². The van der Waals surface area contributed by atoms with Crippen LogP contribution < -0.4 is 10.1 Å². The number of hydrogen-bond acceptors (Lipinski definition) is 3. The second kappa shape index (κ2) is 6.84. The number of rotatable bonds is 6. The molecule has 0 amide bonds. The Kier molecular flexibility index (Phi) is 5.75. The highest BCUT2D eigenvalue weighted by Gasteiger charge is 2.10. The molecule has 0 aliphatic heterocycles. The molecular weight excluding hydrogens is 238 g/mol. The van der Waals surface area contributed by atoms with Crippen molar-refractivity contribution in [3.05, 3.63) is 28.8 Å². The SMILES string of the molecule is COc1ccc(C(O)CCNC(C)C)cc1Cl. The summed E-state index contributed by atoms with van der Waals surface area (Å²) in [5, 5.41) is 13.8. The van der Waals surface area contributed by atoms with Crippen molar-refractivity contribution in [2.75, 3.05) is 13.7 Å². The molecule has 0 saturated carbocycles. The molecule has 0 fully saturated rings. The van der Waals surface area contributed by atoms with Crippen molar-refractivity contribution < 1.29 is 9.84 Å². The fourth-order valence-corrected chi connectivity index (χ4v) is 1.83. The van der Waals surface area contributed by atoms with Crippen LogP contribution in [0.15, 0.2) is 18.2 Å². The van der Waals surface area contributed by atoms with Gasteiger partial charge in [0.05, 0.1) is 18.2 Å². The zero-order chi connectivity index (χ0) is 12.8. The van der Waals surface area contributed by atoms with Crippen LogP contribution in [-0.4, -0.2) is 24.8 Å². The summed E-state index contributed by atoms with van der Waals surface area (Å²) in [6.07, 6.45) is 0.172. The molecule has 0 saturated heterocycles. The Labute approximate surface area is 108 Å². The first-order chi connectivity index (χ1) is 8.04. The molecule has 2 N–H and O–H groups in total. The van der Waals surface area contributed by atoms with E-state index < -0.39 is 6.10 Å². The van der Waals surface area contributed by atoms with Gasteiger partial charge in [-0.3, -0.25) is 0 Å². The topological polar surface area (TPSA) is 41.5 Å². The quantitative estimate of drug-likeness (QED) is 0.824. The lowest BCUT2D eigenvalue weighted by molar-refractivity contribution is 0.166. The zero-order valence-corrected chi connectivity index (χ0v) is 11.3. The normalized spacial score (nSPS) is 12.8. The predicted molar refractivity (Wildman–Crippen MR) is 70.7 cm³/mol. The molecule has 0 aliphatic carbocycles. The van der Waals surface area contributed by atoms with Crippen LogP contribution in [0.1, 0.15) is 31.9 Å². The van der Waals surface area contributed by atoms with Crippen molar-refractivity contribution in [2.45, 2.75) is 32.4 Å². The van der Waals surface area contributed by atoms with E-state index in [2.05, 4.69) is 19.2 Å². The smallest absolute Gasteiger partial charge is 0.137 e. The summed E-state index contributed by atoms with van der Waals surface area (Å²) in [4.78, 5) is 0. The van der Waals surface area contributed by atoms with Gasteiger partial charge in [0.25, 0.3) is 0 Å². The van der Waals surface area contributed by atoms with E-state index in [1.165, 1.54) is 0 Å². The molecule has 0 aromatic heterocycles. The first-order valence-electron chi connectivity index (χ1n) is 5.79. The first kappa shape index (κ1) is 14.3. The van der Waals surface area contributed by atoms with Gasteiger partial charge in [0.2, 0.25) is 0 Å². The largest absolute Gasteiger partial charge is 0.495 e. The number of aliphatic hydroxyl groups is 1. The molecule has 96 valence electrons. The minimum Gasteiger partial charge on any atom is -0.495 e. The monoisotopic (exact) mass is 257 g/mol. The molecule has 3 nitrogen and oxygen atoms in total. The molecule has 0 heterocycles. The third-order valence-electron chi connectivity index (χ3n) is 2.53. The van der Waals surface area contributed by atoms with Gasteiger partial charge in [0.1, 0.15) is 5.75 Å². The summed E-state index contributed by atoms with van der Waals surface area (Å²) in [5.74, 6) is 0.628. The van der Waals surface area contributed by atoms with Crippen molar-refractivity contribution in [1.29, 1.82) is 0 Å². The summed E-state index contributed by atoms with van der Waals surface area (Å²) in [7, 11) is 1.57. The van der Waals surface area contributed by atoms with Gasteiger partial charge in [-0.15, -0.1) is 0 Å². The molecule has 1 rings (SSSR count). The molecule has 0 aliphatic rings. The van der Waals surface area contributed by atoms with Gasteiger partial charge in [0.15, 0.2) is 0 Å². The highest BCUT2D eigenvalue weighted by molar-refractivity contribution is 6.32. The Bertz CT molecular complexity index is 355. The summed E-state index contributed by atoms with van der Waals surface area (Å²) in [6.45, 7) is 4.94. The predicted octanol–water partition coefficient (Wildman–Crippen LogP) is 2.77. The molecule has 1 atom stereocenters. The van der Waals surface area contributed by atoms with Gasteiger partial charge < -0.3 is 15.2 Å². The number of hydrogen-bond donors (Lipinski definition) is 2. The maximum absolute atomic E-state index is 9.98. The zero-order valence-electron chi connectivity index (χ0n) is 10.5. The lowest BCUT2D eigenvalue weighted by Gasteiger charge is -2.14. The van der Waals surface area contributed by atoms with E-state index in [0.29, 0.717) is 23.2 Å². The minimum absolute atomic E-state index is 0.432. The van der Waals surface area contributed by atoms with E-state index in [4.69, 9.17) is 16.3 Å². The molecule has 1 aromatic carbocycles. The van der Waals surface area contributed by atoms with E-state index in [0.717, 1.165) is 12.1 Å². The number of methoxy groups -OCH3 is 1. The van der Waals surface area contributed by atoms with E-state index in [-0.39, 0.29) is 0 Å². The Morgan fingerprint density at radius 2 is 2.12 bits per heavy atom. The molecular formula is C13H20ClNO2. The summed E-state index contributed by atoms with van der Waals surface area (Å²) in [6, 6.07) is 5.80. The molecule has 1 aromatic rings. The average molecular weight is 258 g/mol. The van der Waals surface area contributed by atoms with E-state index in [9.17, 15) is 5.11 Å². The lowest BCUT2D eigenvalue weighted by atomic mass is 10.1. The third kappa shape index (κ3) is 4.54. The van der Waals surface area contributed by atoms with Gasteiger partial charge in [-0.05, 0) is 30.7 Å². The second-order valence-electron chi connectivity index (χ2n) is 4.31. The molecule has 0 radical (unpaired) electrons. The highest BCUT2D eigenvalue weighted by atomic mass is 35.5. The number of halogens is 1. The lowest BCUT2D eigenvalue weighted by Crippen LogP contribution is -2.24. The number of nitrogens with one attached hydrogen (secondary N) is 1. The number of ether oxygens (including phenoxy) is 1. The standard InChI is InChI=1S/C13H20ClNO2/c1-9(2)15-7-6-12(16)10-4-5-13(17-3)11(14)8-10/h4-5,8-9,12,15-16H,6-7H2,1-3H3. The van der Waals surface area contributed by atoms with Crippen LogP contribution in [0.3, 0.4) is 0 Å². The number of benzene rings is 1. The van der Waals surface area contributed by atoms with Crippen LogP contribution in [0.5, 0.6) is 5.75 Å². The van der Waals surface area contributed by atoms with Crippen molar-refractivity contribution in [3.63, 3.8) is 0 Å². The average Bonchev–Trinajstić information content (AvgIpc) is 2.28. The fraction of sp³-hybridized carbons (Fsp3) is 0.538. The van der Waals surface area contributed by atoms with E-state index in [1.807, 2.05) is 6.07 Å². The summed E-state index contributed by atoms with van der Waals surface area (Å²) in [5.41, 5.74) is 0.821. The van der Waals surface area contributed by atoms with Gasteiger partial charge in [-0.1, -0.05) is 31.5 Å². The summed E-state index contributed by atoms with van der Waals surface area (Å²) >= 11 is 6.01. The Morgan fingerprint density at radius 3 is 2.65 bits per heavy atom. The maximum atomic E-state index is 9.98. The van der Waals surface area contributed by atoms with Crippen molar-refractivity contribution in [2.24, 2.45) is 0 Å². The Morgan fingerprint density at radius 1 is 1.41 bits per heavy atom. The molecule has 4 heteroatoms. The Hall–Kier alpha value is -0.770. The second-order valence-corrected chi connectivity index (χ2v) is 4.71. The minimum atomic E-state index is -0.496. The fourth-order valence-electron chi connectivity index (χ4n) is 1.57. The van der Waals surface area contributed by atoms with Gasteiger partial charge in [-0.25, -0.2) is 0 Å². The number of aliphatic hydroxyl groups excluding tert-OH is 1. The van der Waals surface area contributed by atoms with Gasteiger partial charge in [0, 0.05) is 6.04 Å². The molecule has 1 unspecified atom stereocenters. The van der Waals surface area contributed by atoms with E-state index >= 15 is 0 Å². The van der Waals surface area contributed by atoms with Crippen molar-refractivity contribution >= 4 is 11.6 Å². The molecule has 0 spiro atoms.